The molecule has 42 heavy (non-hydrogen) atoms. The van der Waals surface area contributed by atoms with Crippen LogP contribution in [0.3, 0.4) is 0 Å². The van der Waals surface area contributed by atoms with Crippen LogP contribution in [0, 0.1) is 5.82 Å². The van der Waals surface area contributed by atoms with Gasteiger partial charge in [0, 0.05) is 58.7 Å². The molecule has 0 bridgehead atoms. The third-order valence-corrected chi connectivity index (χ3v) is 8.12. The molecule has 0 fully saturated rings. The molecule has 0 saturated heterocycles. The van der Waals surface area contributed by atoms with E-state index in [4.69, 9.17) is 5.73 Å². The van der Waals surface area contributed by atoms with Crippen molar-refractivity contribution in [2.24, 2.45) is 5.73 Å². The highest BCUT2D eigenvalue weighted by Crippen LogP contribution is 2.35. The molecule has 0 aliphatic rings. The molecule has 11 nitrogen and oxygen atoms in total. The van der Waals surface area contributed by atoms with Crippen molar-refractivity contribution in [3.63, 3.8) is 0 Å². The van der Waals surface area contributed by atoms with Gasteiger partial charge in [-0.15, -0.1) is 0 Å². The van der Waals surface area contributed by atoms with Crippen LogP contribution in [0.1, 0.15) is 24.3 Å². The fraction of sp³-hybridized carbons (Fsp3) is 0.138. The molecule has 1 aromatic carbocycles. The maximum atomic E-state index is 14.6. The molecule has 1 unspecified atom stereocenters. The number of fused-ring (bicyclic) bond motifs is 2. The van der Waals surface area contributed by atoms with Crippen LogP contribution < -0.4 is 11.1 Å². The van der Waals surface area contributed by atoms with Gasteiger partial charge in [0.2, 0.25) is 5.91 Å². The number of hydrogen-bond acceptors (Lipinski definition) is 8. The highest BCUT2D eigenvalue weighted by molar-refractivity contribution is 7.90. The number of carbonyl (C=O) groups is 1. The van der Waals surface area contributed by atoms with Crippen LogP contribution >= 0.6 is 0 Å². The van der Waals surface area contributed by atoms with Crippen LogP contribution in [0.2, 0.25) is 0 Å². The van der Waals surface area contributed by atoms with Crippen molar-refractivity contribution >= 4 is 43.4 Å². The molecule has 13 heteroatoms. The molecule has 5 aromatic heterocycles. The Labute approximate surface area is 239 Å². The number of hydrogen-bond donors (Lipinski definition) is 4. The zero-order valence-electron chi connectivity index (χ0n) is 22.5. The number of rotatable bonds is 7. The van der Waals surface area contributed by atoms with Crippen molar-refractivity contribution in [2.45, 2.75) is 18.7 Å². The van der Waals surface area contributed by atoms with Gasteiger partial charge in [-0.3, -0.25) is 19.9 Å². The summed E-state index contributed by atoms with van der Waals surface area (Å²) < 4.78 is 38.7. The number of aromatic nitrogens is 6. The highest BCUT2D eigenvalue weighted by atomic mass is 32.2. The number of anilines is 1. The molecular formula is C29H25FN8O3S. The molecule has 0 spiro atoms. The minimum atomic E-state index is -3.64. The second-order valence-electron chi connectivity index (χ2n) is 9.91. The molecule has 0 aliphatic heterocycles. The Morgan fingerprint density at radius 3 is 2.55 bits per heavy atom. The first-order valence-electron chi connectivity index (χ1n) is 12.9. The minimum absolute atomic E-state index is 0.111. The summed E-state index contributed by atoms with van der Waals surface area (Å²) in [6.45, 7) is 1.78. The van der Waals surface area contributed by atoms with Crippen molar-refractivity contribution in [2.75, 3.05) is 11.6 Å². The van der Waals surface area contributed by atoms with E-state index in [-0.39, 0.29) is 11.5 Å². The van der Waals surface area contributed by atoms with Gasteiger partial charge in [0.25, 0.3) is 0 Å². The molecule has 6 aromatic rings. The number of halogens is 1. The maximum Gasteiger partial charge on any atom is 0.224 e. The minimum Gasteiger partial charge on any atom is -0.352 e. The summed E-state index contributed by atoms with van der Waals surface area (Å²) in [5.74, 6) is -0.722. The van der Waals surface area contributed by atoms with Crippen LogP contribution in [0.5, 0.6) is 0 Å². The second kappa shape index (κ2) is 10.4. The molecule has 1 atom stereocenters. The van der Waals surface area contributed by atoms with Crippen LogP contribution in [-0.4, -0.2) is 50.7 Å². The van der Waals surface area contributed by atoms with Gasteiger partial charge in [-0.1, -0.05) is 6.92 Å². The lowest BCUT2D eigenvalue weighted by atomic mass is 10.0. The molecule has 0 aliphatic carbocycles. The summed E-state index contributed by atoms with van der Waals surface area (Å²) in [7, 11) is -3.64. The van der Waals surface area contributed by atoms with Gasteiger partial charge in [0.1, 0.15) is 11.2 Å². The second-order valence-corrected chi connectivity index (χ2v) is 12.1. The molecule has 212 valence electrons. The number of benzene rings is 1. The predicted molar refractivity (Wildman–Crippen MR) is 158 cm³/mol. The fourth-order valence-electron chi connectivity index (χ4n) is 4.77. The van der Waals surface area contributed by atoms with Gasteiger partial charge in [-0.25, -0.2) is 17.8 Å². The molecule has 0 radical (unpaired) electrons. The smallest absolute Gasteiger partial charge is 0.224 e. The van der Waals surface area contributed by atoms with Crippen LogP contribution in [0.15, 0.2) is 67.4 Å². The Bertz CT molecular complexity index is 2110. The highest BCUT2D eigenvalue weighted by Gasteiger charge is 2.21. The molecule has 1 amide bonds. The third kappa shape index (κ3) is 5.10. The van der Waals surface area contributed by atoms with Crippen molar-refractivity contribution in [3.05, 3.63) is 78.8 Å². The van der Waals surface area contributed by atoms with E-state index in [1.807, 2.05) is 18.2 Å². The standard InChI is InChI=1S/C29H25FN8O3S/c1-3-26(39)35-20-7-17(10-32-12-20)18-8-22-27(37-38-29(22)34-11-18)24-9-21-23(13-33-14-25(21)36-24)15-4-16(6-19(30)5-15)28(31)42(2,40)41/h4-14,28,36H,3,31H2,1-2H3,(H,35,39)(H,34,37,38). The first-order valence-corrected chi connectivity index (χ1v) is 14.9. The van der Waals surface area contributed by atoms with Crippen LogP contribution in [-0.2, 0) is 14.6 Å². The van der Waals surface area contributed by atoms with Gasteiger partial charge in [0.15, 0.2) is 15.5 Å². The Balaban J connectivity index is 1.42. The van der Waals surface area contributed by atoms with Crippen LogP contribution in [0.25, 0.3) is 55.6 Å². The Morgan fingerprint density at radius 1 is 0.976 bits per heavy atom. The number of pyridine rings is 3. The molecule has 0 saturated carbocycles. The number of nitrogens with two attached hydrogens (primary N) is 1. The van der Waals surface area contributed by atoms with E-state index in [2.05, 4.69) is 35.5 Å². The molecule has 5 heterocycles. The first-order chi connectivity index (χ1) is 20.1. The maximum absolute atomic E-state index is 14.6. The third-order valence-electron chi connectivity index (χ3n) is 6.92. The fourth-order valence-corrected chi connectivity index (χ4v) is 5.40. The van der Waals surface area contributed by atoms with E-state index in [0.717, 1.165) is 34.2 Å². The first kappa shape index (κ1) is 27.2. The number of nitrogens with one attached hydrogen (secondary N) is 3. The summed E-state index contributed by atoms with van der Waals surface area (Å²) >= 11 is 0. The van der Waals surface area contributed by atoms with Gasteiger partial charge in [0.05, 0.1) is 35.0 Å². The van der Waals surface area contributed by atoms with E-state index in [1.54, 1.807) is 44.0 Å². The number of sulfone groups is 1. The largest absolute Gasteiger partial charge is 0.352 e. The van der Waals surface area contributed by atoms with Crippen molar-refractivity contribution in [1.29, 1.82) is 0 Å². The summed E-state index contributed by atoms with van der Waals surface area (Å²) in [6, 6.07) is 9.64. The average molecular weight is 585 g/mol. The SMILES string of the molecule is CCC(=O)Nc1cncc(-c2cnc3n[nH]c(-c4cc5c(-c6cc(F)cc(C(N)S(C)(=O)=O)c6)cncc5[nH]4)c3c2)c1. The van der Waals surface area contributed by atoms with Gasteiger partial charge < -0.3 is 16.0 Å². The van der Waals surface area contributed by atoms with Gasteiger partial charge in [-0.2, -0.15) is 5.10 Å². The number of amides is 1. The quantitative estimate of drug-likeness (QED) is 0.209. The molecule has 6 rings (SSSR count). The Morgan fingerprint density at radius 2 is 1.76 bits per heavy atom. The lowest BCUT2D eigenvalue weighted by molar-refractivity contribution is -0.115. The summed E-state index contributed by atoms with van der Waals surface area (Å²) in [4.78, 5) is 28.2. The van der Waals surface area contributed by atoms with Crippen LogP contribution in [0.4, 0.5) is 10.1 Å². The summed E-state index contributed by atoms with van der Waals surface area (Å²) in [5, 5.41) is 10.3. The van der Waals surface area contributed by atoms with Gasteiger partial charge >= 0.3 is 0 Å². The van der Waals surface area contributed by atoms with E-state index >= 15 is 0 Å². The predicted octanol–water partition coefficient (Wildman–Crippen LogP) is 4.72. The number of carbonyl (C=O) groups excluding carboxylic acids is 1. The lowest BCUT2D eigenvalue weighted by Gasteiger charge is -2.12. The topological polar surface area (TPSA) is 172 Å². The Hall–Kier alpha value is -5.01. The average Bonchev–Trinajstić information content (AvgIpc) is 3.59. The van der Waals surface area contributed by atoms with E-state index < -0.39 is 21.0 Å². The van der Waals surface area contributed by atoms with E-state index in [9.17, 15) is 17.6 Å². The molecular weight excluding hydrogens is 559 g/mol. The van der Waals surface area contributed by atoms with Crippen molar-refractivity contribution in [3.8, 4) is 33.6 Å². The number of aromatic amines is 2. The Kier molecular flexibility index (Phi) is 6.75. The normalized spacial score (nSPS) is 12.6. The van der Waals surface area contributed by atoms with E-state index in [0.29, 0.717) is 45.8 Å². The van der Waals surface area contributed by atoms with Crippen molar-refractivity contribution < 1.29 is 17.6 Å². The molecule has 5 N–H and O–H groups in total. The number of H-pyrrole nitrogens is 2. The zero-order valence-corrected chi connectivity index (χ0v) is 23.3. The van der Waals surface area contributed by atoms with Gasteiger partial charge in [-0.05, 0) is 47.5 Å². The lowest BCUT2D eigenvalue weighted by Crippen LogP contribution is -2.20. The summed E-state index contributed by atoms with van der Waals surface area (Å²) in [6.07, 6.45) is 9.56. The number of nitrogens with zero attached hydrogens (tertiary/aromatic N) is 4. The monoisotopic (exact) mass is 584 g/mol. The van der Waals surface area contributed by atoms with Crippen molar-refractivity contribution in [1.82, 2.24) is 30.1 Å². The zero-order chi connectivity index (χ0) is 29.6. The van der Waals surface area contributed by atoms with E-state index in [1.165, 1.54) is 6.07 Å². The summed E-state index contributed by atoms with van der Waals surface area (Å²) in [5.41, 5.74) is 11.7.